The van der Waals surface area contributed by atoms with E-state index in [1.165, 1.54) is 17.4 Å². The summed E-state index contributed by atoms with van der Waals surface area (Å²) >= 11 is 0. The van der Waals surface area contributed by atoms with Crippen LogP contribution in [0, 0.1) is 11.3 Å². The maximum atomic E-state index is 12.7. The van der Waals surface area contributed by atoms with Crippen molar-refractivity contribution in [3.05, 3.63) is 24.3 Å². The fraction of sp³-hybridized carbons (Fsp3) is 0.273. The summed E-state index contributed by atoms with van der Waals surface area (Å²) in [4.78, 5) is 10.9. The van der Waals surface area contributed by atoms with E-state index in [9.17, 15) is 26.7 Å². The summed E-state index contributed by atoms with van der Waals surface area (Å²) in [6, 6.07) is 6.23. The molecule has 0 aliphatic carbocycles. The fourth-order valence-corrected chi connectivity index (χ4v) is 1.09. The Morgan fingerprint density at radius 2 is 1.75 bits per heavy atom. The molecule has 0 unspecified atom stereocenters. The Morgan fingerprint density at radius 1 is 1.20 bits per heavy atom. The summed E-state index contributed by atoms with van der Waals surface area (Å²) in [6.07, 6.45) is -5.97. The standard InChI is InChI=1S/C11H7F5N2O2/c12-10(13,11(14,15)16)9(19)18-7-1-3-8(4-2-7)20-6-5-17/h1-4H,6H2,(H,18,19). The number of hydrogen-bond acceptors (Lipinski definition) is 3. The van der Waals surface area contributed by atoms with Gasteiger partial charge in [-0.25, -0.2) is 0 Å². The van der Waals surface area contributed by atoms with Crippen LogP contribution in [-0.4, -0.2) is 24.6 Å². The predicted octanol–water partition coefficient (Wildman–Crippen LogP) is 2.73. The van der Waals surface area contributed by atoms with Crippen LogP contribution in [0.15, 0.2) is 24.3 Å². The zero-order valence-electron chi connectivity index (χ0n) is 9.67. The molecule has 0 aromatic heterocycles. The van der Waals surface area contributed by atoms with Gasteiger partial charge in [0.1, 0.15) is 11.8 Å². The van der Waals surface area contributed by atoms with Gasteiger partial charge in [0, 0.05) is 5.69 Å². The highest BCUT2D eigenvalue weighted by molar-refractivity contribution is 5.96. The number of rotatable bonds is 4. The number of alkyl halides is 5. The maximum Gasteiger partial charge on any atom is 0.463 e. The van der Waals surface area contributed by atoms with Gasteiger partial charge in [0.05, 0.1) is 0 Å². The molecular formula is C11H7F5N2O2. The highest BCUT2D eigenvalue weighted by atomic mass is 19.4. The Labute approximate surface area is 109 Å². The average Bonchev–Trinajstić information content (AvgIpc) is 2.36. The van der Waals surface area contributed by atoms with E-state index in [-0.39, 0.29) is 18.0 Å². The van der Waals surface area contributed by atoms with Gasteiger partial charge in [0.25, 0.3) is 0 Å². The van der Waals surface area contributed by atoms with E-state index >= 15 is 0 Å². The summed E-state index contributed by atoms with van der Waals surface area (Å²) < 4.78 is 65.9. The van der Waals surface area contributed by atoms with Crippen LogP contribution in [0.5, 0.6) is 5.75 Å². The normalized spacial score (nSPS) is 11.6. The van der Waals surface area contributed by atoms with Gasteiger partial charge in [0.2, 0.25) is 0 Å². The van der Waals surface area contributed by atoms with Gasteiger partial charge >= 0.3 is 18.0 Å². The number of nitriles is 1. The first-order valence-corrected chi connectivity index (χ1v) is 5.04. The van der Waals surface area contributed by atoms with E-state index in [4.69, 9.17) is 10.00 Å². The van der Waals surface area contributed by atoms with Crippen LogP contribution < -0.4 is 10.1 Å². The van der Waals surface area contributed by atoms with E-state index in [2.05, 4.69) is 0 Å². The lowest BCUT2D eigenvalue weighted by Gasteiger charge is -2.18. The molecule has 0 saturated carbocycles. The van der Waals surface area contributed by atoms with Crippen molar-refractivity contribution in [1.82, 2.24) is 0 Å². The van der Waals surface area contributed by atoms with Gasteiger partial charge in [-0.15, -0.1) is 0 Å². The molecule has 0 atom stereocenters. The molecule has 0 aliphatic rings. The van der Waals surface area contributed by atoms with Crippen molar-refractivity contribution in [2.45, 2.75) is 12.1 Å². The minimum absolute atomic E-state index is 0.201. The van der Waals surface area contributed by atoms with Gasteiger partial charge in [-0.1, -0.05) is 0 Å². The molecule has 20 heavy (non-hydrogen) atoms. The third kappa shape index (κ3) is 3.57. The van der Waals surface area contributed by atoms with Crippen molar-refractivity contribution in [1.29, 1.82) is 5.26 Å². The molecule has 1 aromatic rings. The number of ether oxygens (including phenoxy) is 1. The number of halogens is 5. The van der Waals surface area contributed by atoms with Gasteiger partial charge in [-0.05, 0) is 24.3 Å². The lowest BCUT2D eigenvalue weighted by molar-refractivity contribution is -0.267. The van der Waals surface area contributed by atoms with Crippen molar-refractivity contribution < 1.29 is 31.5 Å². The van der Waals surface area contributed by atoms with Crippen LogP contribution in [0.25, 0.3) is 0 Å². The second-order valence-electron chi connectivity index (χ2n) is 3.50. The van der Waals surface area contributed by atoms with Crippen LogP contribution in [0.1, 0.15) is 0 Å². The minimum atomic E-state index is -5.97. The number of nitrogens with one attached hydrogen (secondary N) is 1. The van der Waals surface area contributed by atoms with Crippen molar-refractivity contribution >= 4 is 11.6 Å². The molecule has 0 aliphatic heterocycles. The average molecular weight is 294 g/mol. The van der Waals surface area contributed by atoms with E-state index < -0.39 is 18.0 Å². The van der Waals surface area contributed by atoms with E-state index in [1.54, 1.807) is 6.07 Å². The maximum absolute atomic E-state index is 12.7. The molecule has 1 rings (SSSR count). The number of carbonyl (C=O) groups excluding carboxylic acids is 1. The lowest BCUT2D eigenvalue weighted by atomic mass is 10.2. The van der Waals surface area contributed by atoms with Crippen LogP contribution in [-0.2, 0) is 4.79 Å². The minimum Gasteiger partial charge on any atom is -0.479 e. The number of amides is 1. The Morgan fingerprint density at radius 3 is 2.20 bits per heavy atom. The summed E-state index contributed by atoms with van der Waals surface area (Å²) in [5.74, 6) is -7.76. The largest absolute Gasteiger partial charge is 0.479 e. The molecule has 1 N–H and O–H groups in total. The Balaban J connectivity index is 2.75. The van der Waals surface area contributed by atoms with Crippen LogP contribution in [0.3, 0.4) is 0 Å². The van der Waals surface area contributed by atoms with E-state index in [0.29, 0.717) is 0 Å². The third-order valence-electron chi connectivity index (χ3n) is 2.06. The fourth-order valence-electron chi connectivity index (χ4n) is 1.09. The van der Waals surface area contributed by atoms with Crippen LogP contribution in [0.2, 0.25) is 0 Å². The monoisotopic (exact) mass is 294 g/mol. The van der Waals surface area contributed by atoms with Gasteiger partial charge < -0.3 is 10.1 Å². The van der Waals surface area contributed by atoms with Crippen molar-refractivity contribution in [2.75, 3.05) is 11.9 Å². The zero-order chi connectivity index (χ0) is 15.4. The first-order chi connectivity index (χ1) is 9.18. The SMILES string of the molecule is N#CCOc1ccc(NC(=O)C(F)(F)C(F)(F)F)cc1. The van der Waals surface area contributed by atoms with Crippen LogP contribution >= 0.6 is 0 Å². The number of carbonyl (C=O) groups is 1. The third-order valence-corrected chi connectivity index (χ3v) is 2.06. The Kier molecular flexibility index (Phi) is 4.49. The lowest BCUT2D eigenvalue weighted by Crippen LogP contribution is -2.47. The molecule has 0 radical (unpaired) electrons. The summed E-state index contributed by atoms with van der Waals surface area (Å²) in [5, 5.41) is 9.69. The predicted molar refractivity (Wildman–Crippen MR) is 57.2 cm³/mol. The van der Waals surface area contributed by atoms with E-state index in [1.807, 2.05) is 0 Å². The highest BCUT2D eigenvalue weighted by Gasteiger charge is 2.63. The quantitative estimate of drug-likeness (QED) is 0.868. The van der Waals surface area contributed by atoms with Crippen molar-refractivity contribution in [3.8, 4) is 11.8 Å². The number of anilines is 1. The first-order valence-electron chi connectivity index (χ1n) is 5.04. The highest BCUT2D eigenvalue weighted by Crippen LogP contribution is 2.36. The topological polar surface area (TPSA) is 62.1 Å². The zero-order valence-corrected chi connectivity index (χ0v) is 9.67. The first kappa shape index (κ1) is 15.7. The second-order valence-corrected chi connectivity index (χ2v) is 3.50. The van der Waals surface area contributed by atoms with Crippen molar-refractivity contribution in [2.24, 2.45) is 0 Å². The molecule has 1 amide bonds. The van der Waals surface area contributed by atoms with Crippen molar-refractivity contribution in [3.63, 3.8) is 0 Å². The molecular weight excluding hydrogens is 287 g/mol. The summed E-state index contributed by atoms with van der Waals surface area (Å²) in [7, 11) is 0. The number of benzene rings is 1. The number of hydrogen-bond donors (Lipinski definition) is 1. The Bertz CT molecular complexity index is 519. The molecule has 0 saturated heterocycles. The smallest absolute Gasteiger partial charge is 0.463 e. The van der Waals surface area contributed by atoms with Gasteiger partial charge in [0.15, 0.2) is 6.61 Å². The summed E-state index contributed by atoms with van der Waals surface area (Å²) in [6.45, 7) is -0.252. The van der Waals surface area contributed by atoms with Gasteiger partial charge in [-0.2, -0.15) is 27.2 Å². The molecule has 9 heteroatoms. The molecule has 0 spiro atoms. The molecule has 108 valence electrons. The molecule has 1 aromatic carbocycles. The number of nitrogens with zero attached hydrogens (tertiary/aromatic N) is 1. The Hall–Kier alpha value is -2.37. The summed E-state index contributed by atoms with van der Waals surface area (Å²) in [5.41, 5.74) is -0.261. The molecule has 4 nitrogen and oxygen atoms in total. The molecule has 0 bridgehead atoms. The molecule has 0 fully saturated rings. The molecule has 0 heterocycles. The van der Waals surface area contributed by atoms with E-state index in [0.717, 1.165) is 12.1 Å². The van der Waals surface area contributed by atoms with Crippen LogP contribution in [0.4, 0.5) is 27.6 Å². The second kappa shape index (κ2) is 5.73. The van der Waals surface area contributed by atoms with Gasteiger partial charge in [-0.3, -0.25) is 4.79 Å².